The van der Waals surface area contributed by atoms with Crippen LogP contribution in [-0.2, 0) is 6.18 Å². The topological polar surface area (TPSA) is 66.4 Å². The number of amides is 1. The molecule has 5 nitrogen and oxygen atoms in total. The number of benzene rings is 1. The van der Waals surface area contributed by atoms with Gasteiger partial charge in [-0.3, -0.25) is 9.59 Å². The first-order chi connectivity index (χ1) is 14.1. The average Bonchev–Trinajstić information content (AvgIpc) is 3.42. The molecule has 0 radical (unpaired) electrons. The lowest BCUT2D eigenvalue weighted by Gasteiger charge is -2.14. The minimum atomic E-state index is -4.85. The zero-order chi connectivity index (χ0) is 21.8. The molecule has 2 aromatic heterocycles. The van der Waals surface area contributed by atoms with Crippen LogP contribution in [0.3, 0.4) is 0 Å². The zero-order valence-corrected chi connectivity index (χ0v) is 16.9. The maximum absolute atomic E-state index is 13.8. The van der Waals surface area contributed by atoms with E-state index in [0.29, 0.717) is 17.2 Å². The van der Waals surface area contributed by atoms with E-state index in [4.69, 9.17) is 0 Å². The van der Waals surface area contributed by atoms with Crippen LogP contribution in [-0.4, -0.2) is 21.3 Å². The van der Waals surface area contributed by atoms with E-state index in [1.165, 1.54) is 6.20 Å². The molecule has 1 aromatic carbocycles. The third kappa shape index (κ3) is 3.62. The molecule has 1 aliphatic rings. The summed E-state index contributed by atoms with van der Waals surface area (Å²) in [5, 5.41) is 2.65. The van der Waals surface area contributed by atoms with Crippen LogP contribution in [0.1, 0.15) is 46.8 Å². The third-order valence-corrected chi connectivity index (χ3v) is 5.80. The van der Waals surface area contributed by atoms with Crippen LogP contribution >= 0.6 is 0 Å². The number of aromatic nitrogens is 2. The van der Waals surface area contributed by atoms with E-state index in [0.717, 1.165) is 34.6 Å². The first-order valence-corrected chi connectivity index (χ1v) is 9.80. The van der Waals surface area contributed by atoms with Gasteiger partial charge in [-0.1, -0.05) is 12.1 Å². The van der Waals surface area contributed by atoms with Gasteiger partial charge in [-0.2, -0.15) is 13.2 Å². The summed E-state index contributed by atoms with van der Waals surface area (Å²) in [5.74, 6) is -0.530. The SMILES string of the molecule is Cc1ccc(-c2cn3cc(C(=O)N[C@H](C)C4CC4)c(C(F)(F)F)c3c(=O)[nH]2)cc1C. The highest BCUT2D eigenvalue weighted by Gasteiger charge is 2.41. The molecule has 0 aliphatic heterocycles. The molecule has 1 saturated carbocycles. The molecule has 3 aromatic rings. The smallest absolute Gasteiger partial charge is 0.349 e. The van der Waals surface area contributed by atoms with Gasteiger partial charge in [-0.25, -0.2) is 0 Å². The van der Waals surface area contributed by atoms with E-state index in [9.17, 15) is 22.8 Å². The second kappa shape index (κ2) is 7.04. The number of hydrogen-bond acceptors (Lipinski definition) is 2. The van der Waals surface area contributed by atoms with Crippen LogP contribution in [0.25, 0.3) is 16.8 Å². The zero-order valence-electron chi connectivity index (χ0n) is 16.9. The van der Waals surface area contributed by atoms with Gasteiger partial charge in [0.25, 0.3) is 11.5 Å². The predicted molar refractivity (Wildman–Crippen MR) is 108 cm³/mol. The van der Waals surface area contributed by atoms with Gasteiger partial charge in [-0.05, 0) is 62.3 Å². The van der Waals surface area contributed by atoms with E-state index in [1.54, 1.807) is 13.0 Å². The highest BCUT2D eigenvalue weighted by molar-refractivity contribution is 5.98. The molecule has 158 valence electrons. The second-order valence-corrected chi connectivity index (χ2v) is 8.07. The van der Waals surface area contributed by atoms with Crippen LogP contribution in [0.15, 0.2) is 35.4 Å². The summed E-state index contributed by atoms with van der Waals surface area (Å²) >= 11 is 0. The summed E-state index contributed by atoms with van der Waals surface area (Å²) in [7, 11) is 0. The Morgan fingerprint density at radius 1 is 1.20 bits per heavy atom. The van der Waals surface area contributed by atoms with Crippen molar-refractivity contribution >= 4 is 11.4 Å². The quantitative estimate of drug-likeness (QED) is 0.658. The molecule has 2 heterocycles. The number of carbonyl (C=O) groups is 1. The van der Waals surface area contributed by atoms with Crippen molar-refractivity contribution in [3.05, 3.63) is 63.2 Å². The Labute approximate surface area is 170 Å². The third-order valence-electron chi connectivity index (χ3n) is 5.80. The number of rotatable bonds is 4. The summed E-state index contributed by atoms with van der Waals surface area (Å²) in [6.45, 7) is 5.64. The van der Waals surface area contributed by atoms with Crippen LogP contribution in [0.2, 0.25) is 0 Å². The van der Waals surface area contributed by atoms with Gasteiger partial charge in [-0.15, -0.1) is 0 Å². The van der Waals surface area contributed by atoms with Crippen LogP contribution in [0.5, 0.6) is 0 Å². The van der Waals surface area contributed by atoms with Crippen molar-refractivity contribution < 1.29 is 18.0 Å². The Balaban J connectivity index is 1.86. The van der Waals surface area contributed by atoms with Gasteiger partial charge in [0.15, 0.2) is 0 Å². The Kier molecular flexibility index (Phi) is 4.75. The van der Waals surface area contributed by atoms with Crippen LogP contribution in [0, 0.1) is 19.8 Å². The largest absolute Gasteiger partial charge is 0.419 e. The van der Waals surface area contributed by atoms with Gasteiger partial charge in [0, 0.05) is 18.4 Å². The minimum absolute atomic E-state index is 0.217. The molecule has 0 bridgehead atoms. The van der Waals surface area contributed by atoms with Crippen molar-refractivity contribution in [2.75, 3.05) is 0 Å². The van der Waals surface area contributed by atoms with E-state index in [2.05, 4.69) is 10.3 Å². The Morgan fingerprint density at radius 2 is 1.90 bits per heavy atom. The molecule has 8 heteroatoms. The van der Waals surface area contributed by atoms with Crippen LogP contribution in [0.4, 0.5) is 13.2 Å². The predicted octanol–water partition coefficient (Wildman–Crippen LogP) is 4.46. The highest BCUT2D eigenvalue weighted by atomic mass is 19.4. The Bertz CT molecular complexity index is 1200. The number of nitrogens with one attached hydrogen (secondary N) is 2. The number of aromatic amines is 1. The van der Waals surface area contributed by atoms with Crippen LogP contribution < -0.4 is 10.9 Å². The maximum Gasteiger partial charge on any atom is 0.419 e. The summed E-state index contributed by atoms with van der Waals surface area (Å²) in [4.78, 5) is 27.8. The number of halogens is 3. The molecule has 1 atom stereocenters. The molecule has 1 aliphatic carbocycles. The summed E-state index contributed by atoms with van der Waals surface area (Å²) in [5.41, 5.74) is -0.136. The van der Waals surface area contributed by atoms with Gasteiger partial charge in [0.2, 0.25) is 0 Å². The molecule has 0 unspecified atom stereocenters. The van der Waals surface area contributed by atoms with Crippen molar-refractivity contribution in [3.63, 3.8) is 0 Å². The standard InChI is InChI=1S/C22H22F3N3O2/c1-11-4-5-15(8-12(11)2)17-10-28-9-16(20(29)26-13(3)14-6-7-14)18(22(23,24)25)19(28)21(30)27-17/h4-5,8-10,13-14H,6-7H2,1-3H3,(H,26,29)(H,27,30)/t13-/m1/s1. The lowest BCUT2D eigenvalue weighted by atomic mass is 10.0. The fourth-order valence-electron chi connectivity index (χ4n) is 3.72. The highest BCUT2D eigenvalue weighted by Crippen LogP contribution is 2.37. The summed E-state index contributed by atoms with van der Waals surface area (Å²) in [6, 6.07) is 5.30. The first-order valence-electron chi connectivity index (χ1n) is 9.80. The van der Waals surface area contributed by atoms with Crippen molar-refractivity contribution in [1.82, 2.24) is 14.7 Å². The summed E-state index contributed by atoms with van der Waals surface area (Å²) < 4.78 is 42.6. The molecule has 0 spiro atoms. The molecule has 30 heavy (non-hydrogen) atoms. The molecule has 4 rings (SSSR count). The lowest BCUT2D eigenvalue weighted by molar-refractivity contribution is -0.136. The van der Waals surface area contributed by atoms with Crippen molar-refractivity contribution in [3.8, 4) is 11.3 Å². The number of alkyl halides is 3. The van der Waals surface area contributed by atoms with Gasteiger partial charge < -0.3 is 14.7 Å². The van der Waals surface area contributed by atoms with E-state index >= 15 is 0 Å². The number of fused-ring (bicyclic) bond motifs is 1. The van der Waals surface area contributed by atoms with Gasteiger partial charge in [0.05, 0.1) is 16.8 Å². The number of nitrogens with zero attached hydrogens (tertiary/aromatic N) is 1. The monoisotopic (exact) mass is 417 g/mol. The molecular weight excluding hydrogens is 395 g/mol. The Hall–Kier alpha value is -3.03. The number of carbonyl (C=O) groups excluding carboxylic acids is 1. The fraction of sp³-hybridized carbons (Fsp3) is 0.364. The minimum Gasteiger partial charge on any atom is -0.349 e. The normalized spacial score (nSPS) is 15.4. The molecule has 1 amide bonds. The van der Waals surface area contributed by atoms with E-state index < -0.39 is 34.3 Å². The molecular formula is C22H22F3N3O2. The van der Waals surface area contributed by atoms with Gasteiger partial charge >= 0.3 is 6.18 Å². The molecule has 1 fully saturated rings. The summed E-state index contributed by atoms with van der Waals surface area (Å²) in [6.07, 6.45) is -0.447. The second-order valence-electron chi connectivity index (χ2n) is 8.07. The molecule has 0 saturated heterocycles. The fourth-order valence-corrected chi connectivity index (χ4v) is 3.72. The van der Waals surface area contributed by atoms with E-state index in [1.807, 2.05) is 26.0 Å². The van der Waals surface area contributed by atoms with Gasteiger partial charge in [0.1, 0.15) is 5.52 Å². The lowest BCUT2D eigenvalue weighted by Crippen LogP contribution is -2.34. The van der Waals surface area contributed by atoms with Crippen molar-refractivity contribution in [2.24, 2.45) is 5.92 Å². The number of hydrogen-bond donors (Lipinski definition) is 2. The maximum atomic E-state index is 13.8. The van der Waals surface area contributed by atoms with Crippen molar-refractivity contribution in [2.45, 2.75) is 45.8 Å². The number of aryl methyl sites for hydroxylation is 2. The van der Waals surface area contributed by atoms with Crippen molar-refractivity contribution in [1.29, 1.82) is 0 Å². The Morgan fingerprint density at radius 3 is 2.50 bits per heavy atom. The number of H-pyrrole nitrogens is 1. The van der Waals surface area contributed by atoms with E-state index in [-0.39, 0.29) is 6.04 Å². The first kappa shape index (κ1) is 20.3. The average molecular weight is 417 g/mol. The molecule has 2 N–H and O–H groups in total.